The molecule has 0 atom stereocenters. The molecule has 0 aromatic carbocycles. The number of rotatable bonds is 33. The molecule has 0 unspecified atom stereocenters. The van der Waals surface area contributed by atoms with Crippen LogP contribution in [0.3, 0.4) is 0 Å². The quantitative estimate of drug-likeness (QED) is 0.0651. The van der Waals surface area contributed by atoms with E-state index in [0.29, 0.717) is 0 Å². The fourth-order valence-electron chi connectivity index (χ4n) is 6.04. The second-order valence-electron chi connectivity index (χ2n) is 13.9. The molecular weight excluding hydrogens is 474 g/mol. The van der Waals surface area contributed by atoms with Crippen molar-refractivity contribution < 1.29 is 0 Å². The summed E-state index contributed by atoms with van der Waals surface area (Å²) in [4.78, 5) is 0. The van der Waals surface area contributed by atoms with Gasteiger partial charge in [-0.3, -0.25) is 0 Å². The smallest absolute Gasteiger partial charge is 0.00510 e. The summed E-state index contributed by atoms with van der Waals surface area (Å²) in [7, 11) is 0. The highest BCUT2D eigenvalue weighted by Gasteiger charge is 2.04. The van der Waals surface area contributed by atoms with Gasteiger partial charge < -0.3 is 10.7 Å². The normalized spacial score (nSPS) is 12.0. The largest absolute Gasteiger partial charge is 0.788 e. The van der Waals surface area contributed by atoms with Gasteiger partial charge in [-0.2, -0.15) is 0 Å². The third kappa shape index (κ3) is 34.0. The van der Waals surface area contributed by atoms with Crippen LogP contribution in [0.2, 0.25) is 0 Å². The molecule has 0 heterocycles. The molecule has 2 nitrogen and oxygen atoms in total. The molecule has 0 saturated heterocycles. The first-order valence-electron chi connectivity index (χ1n) is 18.4. The number of hydrogen-bond donors (Lipinski definition) is 1. The van der Waals surface area contributed by atoms with E-state index in [4.69, 9.17) is 0 Å². The number of hydroxylamine groups is 1. The Kier molecular flexibility index (Phi) is 32.4. The van der Waals surface area contributed by atoms with Gasteiger partial charge in [0, 0.05) is 0 Å². The van der Waals surface area contributed by atoms with Crippen LogP contribution in [-0.4, -0.2) is 6.04 Å². The number of nitrogens with one attached hydrogen (secondary N) is 1. The van der Waals surface area contributed by atoms with Gasteiger partial charge in [0.15, 0.2) is 0 Å². The minimum Gasteiger partial charge on any atom is -0.788 e. The molecule has 1 N–H and O–H groups in total. The molecule has 0 aromatic heterocycles. The van der Waals surface area contributed by atoms with Crippen molar-refractivity contribution in [2.45, 2.75) is 226 Å². The molecule has 0 aliphatic carbocycles. The van der Waals surface area contributed by atoms with E-state index in [1.165, 1.54) is 180 Å². The maximum atomic E-state index is 11.4. The SMILES string of the molecule is CC(C)CCCCCCCCCCCCCCCC(CCCCCCCCCCCCCCCC(C)C)N[O-]. The van der Waals surface area contributed by atoms with Crippen LogP contribution in [0, 0.1) is 17.0 Å². The molecule has 39 heavy (non-hydrogen) atoms. The summed E-state index contributed by atoms with van der Waals surface area (Å²) in [6.07, 6.45) is 41.5. The van der Waals surface area contributed by atoms with Gasteiger partial charge in [0.1, 0.15) is 0 Å². The van der Waals surface area contributed by atoms with Crippen molar-refractivity contribution in [3.8, 4) is 0 Å². The Bertz CT molecular complexity index is 397. The second-order valence-corrected chi connectivity index (χ2v) is 13.9. The van der Waals surface area contributed by atoms with Crippen LogP contribution in [0.4, 0.5) is 0 Å². The van der Waals surface area contributed by atoms with E-state index in [1.807, 2.05) is 0 Å². The third-order valence-electron chi connectivity index (χ3n) is 8.83. The summed E-state index contributed by atoms with van der Waals surface area (Å²) < 4.78 is 0. The predicted octanol–water partition coefficient (Wildman–Crippen LogP) is 13.5. The Morgan fingerprint density at radius 1 is 0.308 bits per heavy atom. The third-order valence-corrected chi connectivity index (χ3v) is 8.83. The predicted molar refractivity (Wildman–Crippen MR) is 178 cm³/mol. The Hall–Kier alpha value is -0.0800. The van der Waals surface area contributed by atoms with Crippen molar-refractivity contribution >= 4 is 0 Å². The fourth-order valence-corrected chi connectivity index (χ4v) is 6.04. The highest BCUT2D eigenvalue weighted by molar-refractivity contribution is 4.67. The summed E-state index contributed by atoms with van der Waals surface area (Å²) in [6.45, 7) is 9.35. The highest BCUT2D eigenvalue weighted by Crippen LogP contribution is 2.17. The number of hydrogen-bond acceptors (Lipinski definition) is 2. The minimum atomic E-state index is 0.209. The van der Waals surface area contributed by atoms with Crippen molar-refractivity contribution in [2.24, 2.45) is 11.8 Å². The van der Waals surface area contributed by atoms with Crippen molar-refractivity contribution in [2.75, 3.05) is 0 Å². The maximum Gasteiger partial charge on any atom is -0.00510 e. The molecular formula is C37H76NO-. The summed E-state index contributed by atoms with van der Waals surface area (Å²) >= 11 is 0. The molecule has 236 valence electrons. The van der Waals surface area contributed by atoms with Crippen LogP contribution < -0.4 is 5.48 Å². The lowest BCUT2D eigenvalue weighted by Gasteiger charge is -2.22. The zero-order valence-corrected chi connectivity index (χ0v) is 27.9. The van der Waals surface area contributed by atoms with Gasteiger partial charge in [-0.05, 0) is 30.7 Å². The molecule has 0 bridgehead atoms. The maximum absolute atomic E-state index is 11.4. The van der Waals surface area contributed by atoms with Gasteiger partial charge in [-0.15, -0.1) is 0 Å². The first-order chi connectivity index (χ1) is 19.1. The van der Waals surface area contributed by atoms with Crippen LogP contribution in [0.5, 0.6) is 0 Å². The second kappa shape index (κ2) is 32.4. The zero-order chi connectivity index (χ0) is 28.7. The van der Waals surface area contributed by atoms with Crippen LogP contribution in [0.15, 0.2) is 0 Å². The van der Waals surface area contributed by atoms with Crippen molar-refractivity contribution in [1.82, 2.24) is 5.48 Å². The van der Waals surface area contributed by atoms with Crippen molar-refractivity contribution in [1.29, 1.82) is 0 Å². The van der Waals surface area contributed by atoms with Crippen LogP contribution in [-0.2, 0) is 0 Å². The van der Waals surface area contributed by atoms with Gasteiger partial charge in [-0.25, -0.2) is 0 Å². The van der Waals surface area contributed by atoms with Gasteiger partial charge >= 0.3 is 0 Å². The first kappa shape index (κ1) is 38.9. The molecule has 0 aromatic rings. The van der Waals surface area contributed by atoms with Gasteiger partial charge in [0.25, 0.3) is 0 Å². The molecule has 0 aliphatic heterocycles. The van der Waals surface area contributed by atoms with E-state index >= 15 is 0 Å². The van der Waals surface area contributed by atoms with E-state index in [1.54, 1.807) is 0 Å². The van der Waals surface area contributed by atoms with E-state index in [-0.39, 0.29) is 6.04 Å². The van der Waals surface area contributed by atoms with Crippen molar-refractivity contribution in [3.05, 3.63) is 5.21 Å². The van der Waals surface area contributed by atoms with Crippen LogP contribution in [0.25, 0.3) is 0 Å². The highest BCUT2D eigenvalue weighted by atomic mass is 16.5. The molecule has 0 saturated carbocycles. The molecule has 0 spiro atoms. The summed E-state index contributed by atoms with van der Waals surface area (Å²) in [5.41, 5.74) is 2.36. The lowest BCUT2D eigenvalue weighted by atomic mass is 9.99. The Morgan fingerprint density at radius 2 is 0.487 bits per heavy atom. The molecule has 0 fully saturated rings. The summed E-state index contributed by atoms with van der Waals surface area (Å²) in [6, 6.07) is 0.209. The first-order valence-corrected chi connectivity index (χ1v) is 18.4. The number of unbranched alkanes of at least 4 members (excludes halogenated alkanes) is 24. The van der Waals surface area contributed by atoms with Crippen LogP contribution >= 0.6 is 0 Å². The Balaban J connectivity index is 3.27. The van der Waals surface area contributed by atoms with Crippen LogP contribution in [0.1, 0.15) is 220 Å². The lowest BCUT2D eigenvalue weighted by molar-refractivity contribution is 0.444. The standard InChI is InChI=1S/C37H76NO/c1-35(2)31-27-23-19-15-11-7-5-9-13-17-21-25-29-33-37(38-39)34-30-26-22-18-14-10-6-8-12-16-20-24-28-32-36(3)4/h35-38H,5-34H2,1-4H3/q-1. The van der Waals surface area contributed by atoms with Gasteiger partial charge in [0.05, 0.1) is 0 Å². The molecule has 0 aliphatic rings. The molecule has 0 radical (unpaired) electrons. The van der Waals surface area contributed by atoms with Gasteiger partial charge in [-0.1, -0.05) is 207 Å². The topological polar surface area (TPSA) is 35.1 Å². The minimum absolute atomic E-state index is 0.209. The lowest BCUT2D eigenvalue weighted by Crippen LogP contribution is -2.23. The van der Waals surface area contributed by atoms with E-state index in [9.17, 15) is 5.21 Å². The van der Waals surface area contributed by atoms with E-state index < -0.39 is 0 Å². The van der Waals surface area contributed by atoms with Crippen molar-refractivity contribution in [3.63, 3.8) is 0 Å². The summed E-state index contributed by atoms with van der Waals surface area (Å²) in [5, 5.41) is 11.4. The Morgan fingerprint density at radius 3 is 0.667 bits per heavy atom. The molecule has 2 heteroatoms. The Labute approximate surface area is 248 Å². The monoisotopic (exact) mass is 551 g/mol. The zero-order valence-electron chi connectivity index (χ0n) is 27.9. The average Bonchev–Trinajstić information content (AvgIpc) is 2.91. The molecule has 0 amide bonds. The van der Waals surface area contributed by atoms with Gasteiger partial charge in [0.2, 0.25) is 0 Å². The average molecular weight is 551 g/mol. The molecule has 0 rings (SSSR count). The van der Waals surface area contributed by atoms with E-state index in [2.05, 4.69) is 33.2 Å². The van der Waals surface area contributed by atoms with E-state index in [0.717, 1.165) is 24.7 Å². The fraction of sp³-hybridized carbons (Fsp3) is 1.00. The summed E-state index contributed by atoms with van der Waals surface area (Å²) in [5.74, 6) is 1.76.